The largest absolute Gasteiger partial charge is 0.379 e. The predicted octanol–water partition coefficient (Wildman–Crippen LogP) is 6.13. The van der Waals surface area contributed by atoms with Gasteiger partial charge in [-0.3, -0.25) is 0 Å². The second-order valence-corrected chi connectivity index (χ2v) is 6.37. The Balaban J connectivity index is 2.16. The van der Waals surface area contributed by atoms with Gasteiger partial charge >= 0.3 is 0 Å². The maximum Gasteiger partial charge on any atom is 0.0722 e. The highest BCUT2D eigenvalue weighted by molar-refractivity contribution is 9.10. The minimum absolute atomic E-state index is 0.601. The van der Waals surface area contributed by atoms with Crippen molar-refractivity contribution in [2.24, 2.45) is 0 Å². The molecule has 2 aromatic rings. The number of nitrogens with one attached hydrogen (secondary N) is 1. The summed E-state index contributed by atoms with van der Waals surface area (Å²) in [6.45, 7) is 0.667. The number of hydrogen-bond acceptors (Lipinski definition) is 1. The Morgan fingerprint density at radius 2 is 1.61 bits per heavy atom. The summed E-state index contributed by atoms with van der Waals surface area (Å²) < 4.78 is 1.92. The van der Waals surface area contributed by atoms with Gasteiger partial charge in [0.15, 0.2) is 0 Å². The topological polar surface area (TPSA) is 12.0 Å². The summed E-state index contributed by atoms with van der Waals surface area (Å²) in [4.78, 5) is 0. The molecule has 0 spiro atoms. The molecule has 0 aliphatic rings. The van der Waals surface area contributed by atoms with Crippen LogP contribution in [0.3, 0.4) is 0 Å². The van der Waals surface area contributed by atoms with Crippen molar-refractivity contribution in [1.29, 1.82) is 0 Å². The molecule has 1 nitrogen and oxygen atoms in total. The maximum atomic E-state index is 6.15. The average molecular weight is 410 g/mol. The smallest absolute Gasteiger partial charge is 0.0722 e. The van der Waals surface area contributed by atoms with Crippen LogP contribution in [0.5, 0.6) is 0 Å². The van der Waals surface area contributed by atoms with Crippen molar-refractivity contribution >= 4 is 60.7 Å². The molecule has 0 bridgehead atoms. The molecule has 0 unspecified atom stereocenters. The van der Waals surface area contributed by atoms with E-state index in [0.29, 0.717) is 16.6 Å². The Bertz CT molecular complexity index is 550. The van der Waals surface area contributed by atoms with Gasteiger partial charge in [-0.25, -0.2) is 0 Å². The lowest BCUT2D eigenvalue weighted by Crippen LogP contribution is -2.00. The number of halogens is 4. The fraction of sp³-hybridized carbons (Fsp3) is 0.0769. The van der Waals surface area contributed by atoms with Crippen LogP contribution in [0.2, 0.25) is 10.0 Å². The number of anilines is 1. The lowest BCUT2D eigenvalue weighted by Gasteiger charge is -2.11. The molecule has 0 aromatic heterocycles. The molecule has 94 valence electrons. The standard InChI is InChI=1S/C13H9Br2Cl2N/c14-9-3-1-2-8(4-9)7-18-13-11(16)5-10(15)6-12(13)17/h1-6,18H,7H2. The third-order valence-corrected chi connectivity index (χ3v) is 3.91. The molecule has 0 amide bonds. The molecular formula is C13H9Br2Cl2N. The van der Waals surface area contributed by atoms with Gasteiger partial charge < -0.3 is 5.32 Å². The molecule has 0 aliphatic heterocycles. The minimum atomic E-state index is 0.601. The van der Waals surface area contributed by atoms with E-state index in [1.165, 1.54) is 0 Å². The first-order valence-electron chi connectivity index (χ1n) is 5.19. The van der Waals surface area contributed by atoms with Gasteiger partial charge in [-0.05, 0) is 29.8 Å². The number of rotatable bonds is 3. The third kappa shape index (κ3) is 3.64. The molecule has 5 heteroatoms. The number of hydrogen-bond donors (Lipinski definition) is 1. The van der Waals surface area contributed by atoms with E-state index >= 15 is 0 Å². The van der Waals surface area contributed by atoms with E-state index < -0.39 is 0 Å². The van der Waals surface area contributed by atoms with Gasteiger partial charge in [-0.1, -0.05) is 67.2 Å². The van der Waals surface area contributed by atoms with E-state index in [1.807, 2.05) is 36.4 Å². The highest BCUT2D eigenvalue weighted by Gasteiger charge is 2.07. The monoisotopic (exact) mass is 407 g/mol. The quantitative estimate of drug-likeness (QED) is 0.642. The van der Waals surface area contributed by atoms with E-state index in [4.69, 9.17) is 23.2 Å². The van der Waals surface area contributed by atoms with Crippen LogP contribution in [0.1, 0.15) is 5.56 Å². The first kappa shape index (κ1) is 14.2. The highest BCUT2D eigenvalue weighted by atomic mass is 79.9. The normalized spacial score (nSPS) is 10.4. The average Bonchev–Trinajstić information content (AvgIpc) is 2.27. The van der Waals surface area contributed by atoms with Crippen molar-refractivity contribution in [1.82, 2.24) is 0 Å². The van der Waals surface area contributed by atoms with E-state index in [1.54, 1.807) is 0 Å². The van der Waals surface area contributed by atoms with Crippen molar-refractivity contribution in [2.45, 2.75) is 6.54 Å². The maximum absolute atomic E-state index is 6.15. The Morgan fingerprint density at radius 1 is 0.944 bits per heavy atom. The van der Waals surface area contributed by atoms with Crippen molar-refractivity contribution in [3.05, 3.63) is 61.0 Å². The summed E-state index contributed by atoms with van der Waals surface area (Å²) in [6.07, 6.45) is 0. The summed E-state index contributed by atoms with van der Waals surface area (Å²) >= 11 is 19.1. The fourth-order valence-corrected chi connectivity index (χ4v) is 3.34. The molecule has 0 aliphatic carbocycles. The van der Waals surface area contributed by atoms with E-state index in [-0.39, 0.29) is 0 Å². The van der Waals surface area contributed by atoms with Gasteiger partial charge in [0.25, 0.3) is 0 Å². The lowest BCUT2D eigenvalue weighted by atomic mass is 10.2. The molecule has 18 heavy (non-hydrogen) atoms. The SMILES string of the molecule is Clc1cc(Br)cc(Cl)c1NCc1cccc(Br)c1. The molecule has 0 atom stereocenters. The second-order valence-electron chi connectivity index (χ2n) is 3.73. The van der Waals surface area contributed by atoms with Gasteiger partial charge in [0.05, 0.1) is 15.7 Å². The zero-order valence-corrected chi connectivity index (χ0v) is 13.9. The van der Waals surface area contributed by atoms with Crippen LogP contribution in [0, 0.1) is 0 Å². The van der Waals surface area contributed by atoms with Crippen LogP contribution < -0.4 is 5.32 Å². The summed E-state index contributed by atoms with van der Waals surface area (Å²) in [5, 5.41) is 4.45. The zero-order valence-electron chi connectivity index (χ0n) is 9.18. The molecule has 1 N–H and O–H groups in total. The lowest BCUT2D eigenvalue weighted by molar-refractivity contribution is 1.15. The van der Waals surface area contributed by atoms with Crippen LogP contribution in [0.4, 0.5) is 5.69 Å². The van der Waals surface area contributed by atoms with Crippen LogP contribution in [-0.2, 0) is 6.54 Å². The Morgan fingerprint density at radius 3 is 2.22 bits per heavy atom. The van der Waals surface area contributed by atoms with Gasteiger partial charge in [-0.2, -0.15) is 0 Å². The molecular weight excluding hydrogens is 401 g/mol. The zero-order chi connectivity index (χ0) is 13.1. The first-order valence-corrected chi connectivity index (χ1v) is 7.53. The Hall–Kier alpha value is -0.220. The minimum Gasteiger partial charge on any atom is -0.379 e. The van der Waals surface area contributed by atoms with Gasteiger partial charge in [0.2, 0.25) is 0 Å². The summed E-state index contributed by atoms with van der Waals surface area (Å²) in [6, 6.07) is 11.7. The summed E-state index contributed by atoms with van der Waals surface area (Å²) in [7, 11) is 0. The van der Waals surface area contributed by atoms with Crippen molar-refractivity contribution in [2.75, 3.05) is 5.32 Å². The van der Waals surface area contributed by atoms with Crippen molar-refractivity contribution < 1.29 is 0 Å². The van der Waals surface area contributed by atoms with Crippen LogP contribution >= 0.6 is 55.1 Å². The second kappa shape index (κ2) is 6.29. The van der Waals surface area contributed by atoms with Gasteiger partial charge in [0.1, 0.15) is 0 Å². The number of benzene rings is 2. The Kier molecular flexibility index (Phi) is 4.96. The Labute approximate surface area is 133 Å². The third-order valence-electron chi connectivity index (χ3n) is 2.37. The molecule has 2 aromatic carbocycles. The van der Waals surface area contributed by atoms with Gasteiger partial charge in [-0.15, -0.1) is 0 Å². The molecule has 0 radical (unpaired) electrons. The van der Waals surface area contributed by atoms with Crippen molar-refractivity contribution in [3.8, 4) is 0 Å². The van der Waals surface area contributed by atoms with Crippen molar-refractivity contribution in [3.63, 3.8) is 0 Å². The molecule has 0 heterocycles. The van der Waals surface area contributed by atoms with Crippen LogP contribution in [-0.4, -0.2) is 0 Å². The fourth-order valence-electron chi connectivity index (χ4n) is 1.55. The molecule has 0 saturated heterocycles. The molecule has 2 rings (SSSR count). The molecule has 0 saturated carbocycles. The summed E-state index contributed by atoms with van der Waals surface area (Å²) in [5.74, 6) is 0. The van der Waals surface area contributed by atoms with E-state index in [9.17, 15) is 0 Å². The predicted molar refractivity (Wildman–Crippen MR) is 85.6 cm³/mol. The molecule has 0 fully saturated rings. The summed E-state index contributed by atoms with van der Waals surface area (Å²) in [5.41, 5.74) is 1.90. The first-order chi connectivity index (χ1) is 8.56. The van der Waals surface area contributed by atoms with E-state index in [2.05, 4.69) is 37.2 Å². The van der Waals surface area contributed by atoms with Crippen LogP contribution in [0.15, 0.2) is 45.3 Å². The van der Waals surface area contributed by atoms with Crippen LogP contribution in [0.25, 0.3) is 0 Å². The van der Waals surface area contributed by atoms with Gasteiger partial charge in [0, 0.05) is 15.5 Å². The van der Waals surface area contributed by atoms with E-state index in [0.717, 1.165) is 20.2 Å². The highest BCUT2D eigenvalue weighted by Crippen LogP contribution is 2.34.